The minimum absolute atomic E-state index is 0.152. The molecule has 0 unspecified atom stereocenters. The zero-order valence-electron chi connectivity index (χ0n) is 15.8. The molecular formula is C18H20BrN3O4S2. The Morgan fingerprint density at radius 1 is 1.18 bits per heavy atom. The molecule has 0 atom stereocenters. The topological polar surface area (TPSA) is 92.5 Å². The van der Waals surface area contributed by atoms with Gasteiger partial charge in [0, 0.05) is 12.1 Å². The van der Waals surface area contributed by atoms with Gasteiger partial charge in [0.1, 0.15) is 0 Å². The largest absolute Gasteiger partial charge is 0.444 e. The van der Waals surface area contributed by atoms with Crippen LogP contribution >= 0.6 is 27.3 Å². The van der Waals surface area contributed by atoms with Crippen molar-refractivity contribution in [1.29, 1.82) is 0 Å². The van der Waals surface area contributed by atoms with Gasteiger partial charge < -0.3 is 4.42 Å². The monoisotopic (exact) mass is 485 g/mol. The summed E-state index contributed by atoms with van der Waals surface area (Å²) in [6, 6.07) is 7.64. The van der Waals surface area contributed by atoms with Crippen LogP contribution in [0.1, 0.15) is 38.2 Å². The van der Waals surface area contributed by atoms with Crippen LogP contribution in [0.15, 0.2) is 44.3 Å². The minimum atomic E-state index is -3.64. The Morgan fingerprint density at radius 3 is 2.43 bits per heavy atom. The second kappa shape index (κ2) is 7.94. The van der Waals surface area contributed by atoms with Gasteiger partial charge in [-0.3, -0.25) is 10.1 Å². The molecule has 7 nitrogen and oxygen atoms in total. The number of nitrogens with one attached hydrogen (secondary N) is 1. The highest BCUT2D eigenvalue weighted by atomic mass is 79.9. The van der Waals surface area contributed by atoms with E-state index in [2.05, 4.69) is 26.2 Å². The normalized spacial score (nSPS) is 12.4. The van der Waals surface area contributed by atoms with Crippen molar-refractivity contribution in [3.63, 3.8) is 0 Å². The molecule has 0 saturated heterocycles. The number of sulfonamides is 1. The fourth-order valence-electron chi connectivity index (χ4n) is 2.99. The second-order valence-electron chi connectivity index (χ2n) is 6.73. The first kappa shape index (κ1) is 21.0. The van der Waals surface area contributed by atoms with Crippen molar-refractivity contribution >= 4 is 58.5 Å². The maximum Gasteiger partial charge on any atom is 0.293 e. The number of halogens is 1. The number of aromatic nitrogens is 1. The number of rotatable bonds is 6. The fraction of sp³-hybridized carbons (Fsp3) is 0.333. The zero-order chi connectivity index (χ0) is 20.6. The lowest BCUT2D eigenvalue weighted by Crippen LogP contribution is -2.41. The van der Waals surface area contributed by atoms with Crippen LogP contribution in [0, 0.1) is 0 Å². The SMILES string of the molecule is CC(C)N(C(C)C)S(=O)(=O)c1ccc2nc(NC(=O)c3ccc(Br)o3)sc2c1. The summed E-state index contributed by atoms with van der Waals surface area (Å²) in [5, 5.41) is 3.04. The van der Waals surface area contributed by atoms with Crippen molar-refractivity contribution in [2.24, 2.45) is 0 Å². The molecule has 3 rings (SSSR count). The van der Waals surface area contributed by atoms with E-state index in [1.807, 2.05) is 27.7 Å². The molecule has 150 valence electrons. The van der Waals surface area contributed by atoms with Gasteiger partial charge in [0.15, 0.2) is 15.6 Å². The first-order valence-electron chi connectivity index (χ1n) is 8.60. The molecule has 0 aliphatic heterocycles. The lowest BCUT2D eigenvalue weighted by Gasteiger charge is -2.29. The summed E-state index contributed by atoms with van der Waals surface area (Å²) < 4.78 is 33.9. The standard InChI is InChI=1S/C18H20BrN3O4S2/c1-10(2)22(11(3)4)28(24,25)12-5-6-13-15(9-12)27-18(20-13)21-17(23)14-7-8-16(19)26-14/h5-11H,1-4H3,(H,20,21,23). The lowest BCUT2D eigenvalue weighted by atomic mass is 10.3. The van der Waals surface area contributed by atoms with Crippen molar-refractivity contribution in [2.75, 3.05) is 5.32 Å². The molecule has 0 aliphatic rings. The average molecular weight is 486 g/mol. The first-order valence-corrected chi connectivity index (χ1v) is 11.7. The number of hydrogen-bond acceptors (Lipinski definition) is 6. The highest BCUT2D eigenvalue weighted by molar-refractivity contribution is 9.10. The lowest BCUT2D eigenvalue weighted by molar-refractivity contribution is 0.0995. The quantitative estimate of drug-likeness (QED) is 0.545. The van der Waals surface area contributed by atoms with Crippen molar-refractivity contribution in [2.45, 2.75) is 44.7 Å². The Morgan fingerprint density at radius 2 is 1.86 bits per heavy atom. The maximum atomic E-state index is 13.1. The summed E-state index contributed by atoms with van der Waals surface area (Å²) in [6.45, 7) is 7.40. The molecule has 1 N–H and O–H groups in total. The van der Waals surface area contributed by atoms with Crippen LogP contribution in [-0.2, 0) is 10.0 Å². The van der Waals surface area contributed by atoms with Gasteiger partial charge in [-0.1, -0.05) is 11.3 Å². The van der Waals surface area contributed by atoms with Crippen molar-refractivity contribution in [3.8, 4) is 0 Å². The Labute approximate surface area is 175 Å². The van der Waals surface area contributed by atoms with Gasteiger partial charge in [-0.15, -0.1) is 0 Å². The van der Waals surface area contributed by atoms with Gasteiger partial charge in [-0.05, 0) is 74.0 Å². The van der Waals surface area contributed by atoms with Gasteiger partial charge in [0.05, 0.1) is 15.1 Å². The highest BCUT2D eigenvalue weighted by Crippen LogP contribution is 2.30. The molecule has 2 heterocycles. The van der Waals surface area contributed by atoms with Crippen LogP contribution in [0.3, 0.4) is 0 Å². The van der Waals surface area contributed by atoms with Crippen molar-refractivity contribution < 1.29 is 17.6 Å². The number of thiazole rings is 1. The fourth-order valence-corrected chi connectivity index (χ4v) is 6.13. The van der Waals surface area contributed by atoms with E-state index >= 15 is 0 Å². The highest BCUT2D eigenvalue weighted by Gasteiger charge is 2.29. The Hall–Kier alpha value is -1.75. The Balaban J connectivity index is 1.91. The third kappa shape index (κ3) is 4.14. The van der Waals surface area contributed by atoms with Crippen LogP contribution in [0.4, 0.5) is 5.13 Å². The number of hydrogen-bond donors (Lipinski definition) is 1. The molecular weight excluding hydrogens is 466 g/mol. The Bertz CT molecular complexity index is 1110. The number of anilines is 1. The maximum absolute atomic E-state index is 13.1. The van der Waals surface area contributed by atoms with E-state index in [4.69, 9.17) is 4.42 Å². The summed E-state index contributed by atoms with van der Waals surface area (Å²) in [6.07, 6.45) is 0. The average Bonchev–Trinajstić information content (AvgIpc) is 3.18. The van der Waals surface area contributed by atoms with Crippen LogP contribution < -0.4 is 5.32 Å². The Kier molecular flexibility index (Phi) is 5.95. The second-order valence-corrected chi connectivity index (χ2v) is 10.4. The molecule has 3 aromatic rings. The van der Waals surface area contributed by atoms with E-state index in [0.717, 1.165) is 0 Å². The van der Waals surface area contributed by atoms with E-state index in [0.29, 0.717) is 20.0 Å². The number of fused-ring (bicyclic) bond motifs is 1. The van der Waals surface area contributed by atoms with Crippen LogP contribution in [0.25, 0.3) is 10.2 Å². The van der Waals surface area contributed by atoms with Crippen LogP contribution in [0.5, 0.6) is 0 Å². The summed E-state index contributed by atoms with van der Waals surface area (Å²) in [5.41, 5.74) is 0.612. The summed E-state index contributed by atoms with van der Waals surface area (Å²) >= 11 is 4.36. The number of benzene rings is 1. The van der Waals surface area contributed by atoms with Crippen molar-refractivity contribution in [1.82, 2.24) is 9.29 Å². The first-order chi connectivity index (χ1) is 13.1. The summed E-state index contributed by atoms with van der Waals surface area (Å²) in [4.78, 5) is 16.8. The predicted molar refractivity (Wildman–Crippen MR) is 113 cm³/mol. The molecule has 1 amide bonds. The number of furan rings is 1. The third-order valence-electron chi connectivity index (χ3n) is 3.97. The van der Waals surface area contributed by atoms with E-state index < -0.39 is 15.9 Å². The minimum Gasteiger partial charge on any atom is -0.444 e. The number of carbonyl (C=O) groups excluding carboxylic acids is 1. The number of carbonyl (C=O) groups is 1. The van der Waals surface area contributed by atoms with E-state index in [1.54, 1.807) is 30.3 Å². The molecule has 0 bridgehead atoms. The molecule has 0 radical (unpaired) electrons. The molecule has 0 spiro atoms. The van der Waals surface area contributed by atoms with Gasteiger partial charge in [0.25, 0.3) is 5.91 Å². The third-order valence-corrected chi connectivity index (χ3v) is 7.58. The van der Waals surface area contributed by atoms with Gasteiger partial charge in [0.2, 0.25) is 10.0 Å². The van der Waals surface area contributed by atoms with Crippen LogP contribution in [0.2, 0.25) is 0 Å². The number of nitrogens with zero attached hydrogens (tertiary/aromatic N) is 2. The van der Waals surface area contributed by atoms with Gasteiger partial charge in [-0.2, -0.15) is 4.31 Å². The van der Waals surface area contributed by atoms with Gasteiger partial charge >= 0.3 is 0 Å². The van der Waals surface area contributed by atoms with Gasteiger partial charge in [-0.25, -0.2) is 13.4 Å². The molecule has 1 aromatic carbocycles. The molecule has 0 aliphatic carbocycles. The molecule has 0 saturated carbocycles. The molecule has 2 aromatic heterocycles. The zero-order valence-corrected chi connectivity index (χ0v) is 19.0. The van der Waals surface area contributed by atoms with Crippen molar-refractivity contribution in [3.05, 3.63) is 40.8 Å². The number of amides is 1. The predicted octanol–water partition coefficient (Wildman–Crippen LogP) is 4.71. The smallest absolute Gasteiger partial charge is 0.293 e. The molecule has 10 heteroatoms. The van der Waals surface area contributed by atoms with E-state index in [9.17, 15) is 13.2 Å². The van der Waals surface area contributed by atoms with E-state index in [1.165, 1.54) is 15.6 Å². The summed E-state index contributed by atoms with van der Waals surface area (Å²) in [7, 11) is -3.64. The van der Waals surface area contributed by atoms with Crippen LogP contribution in [-0.4, -0.2) is 35.7 Å². The summed E-state index contributed by atoms with van der Waals surface area (Å²) in [5.74, 6) is -0.276. The molecule has 0 fully saturated rings. The molecule has 28 heavy (non-hydrogen) atoms. The van der Waals surface area contributed by atoms with E-state index in [-0.39, 0.29) is 22.7 Å².